The van der Waals surface area contributed by atoms with E-state index in [2.05, 4.69) is 46.2 Å². The Hall–Kier alpha value is -1.13. The maximum absolute atomic E-state index is 5.80. The largest absolute Gasteiger partial charge is 0.328 e. The lowest BCUT2D eigenvalue weighted by molar-refractivity contribution is 0.737. The van der Waals surface area contributed by atoms with E-state index in [1.54, 1.807) is 6.20 Å². The maximum Gasteiger partial charge on any atom is 0.0675 e. The van der Waals surface area contributed by atoms with Gasteiger partial charge in [0.05, 0.1) is 16.4 Å². The molecule has 0 radical (unpaired) electrons. The molecule has 0 aliphatic rings. The molecule has 0 fully saturated rings. The van der Waals surface area contributed by atoms with Crippen LogP contribution < -0.4 is 5.73 Å². The van der Waals surface area contributed by atoms with E-state index in [4.69, 9.17) is 5.73 Å². The van der Waals surface area contributed by atoms with E-state index in [9.17, 15) is 0 Å². The molecule has 2 N–H and O–H groups in total. The fourth-order valence-electron chi connectivity index (χ4n) is 1.91. The standard InChI is InChI=1S/C13H16BrN3/c1-9-5-11(6-10(2)15)3-4-13(9)17-8-12(14)7-16-17/h3-5,7-8,10H,6,15H2,1-2H3. The van der Waals surface area contributed by atoms with Crippen LogP contribution in [-0.4, -0.2) is 15.8 Å². The van der Waals surface area contributed by atoms with Gasteiger partial charge in [-0.3, -0.25) is 0 Å². The number of rotatable bonds is 3. The second kappa shape index (κ2) is 5.02. The van der Waals surface area contributed by atoms with Crippen molar-refractivity contribution in [3.63, 3.8) is 0 Å². The van der Waals surface area contributed by atoms with Crippen LogP contribution in [0.3, 0.4) is 0 Å². The number of halogens is 1. The summed E-state index contributed by atoms with van der Waals surface area (Å²) in [6, 6.07) is 6.57. The topological polar surface area (TPSA) is 43.8 Å². The summed E-state index contributed by atoms with van der Waals surface area (Å²) in [6.07, 6.45) is 4.65. The molecule has 90 valence electrons. The van der Waals surface area contributed by atoms with Crippen LogP contribution in [0, 0.1) is 6.92 Å². The molecular weight excluding hydrogens is 278 g/mol. The minimum Gasteiger partial charge on any atom is -0.328 e. The Morgan fingerprint density at radius 3 is 2.76 bits per heavy atom. The van der Waals surface area contributed by atoms with Crippen molar-refractivity contribution < 1.29 is 0 Å². The Kier molecular flexibility index (Phi) is 3.64. The van der Waals surface area contributed by atoms with E-state index in [0.717, 1.165) is 16.6 Å². The van der Waals surface area contributed by atoms with Crippen molar-refractivity contribution in [2.45, 2.75) is 26.3 Å². The first-order valence-electron chi connectivity index (χ1n) is 5.62. The Morgan fingerprint density at radius 2 is 2.24 bits per heavy atom. The molecular formula is C13H16BrN3. The van der Waals surface area contributed by atoms with Crippen LogP contribution in [0.1, 0.15) is 18.1 Å². The van der Waals surface area contributed by atoms with E-state index in [1.165, 1.54) is 11.1 Å². The lowest BCUT2D eigenvalue weighted by atomic mass is 10.0. The molecule has 0 aliphatic heterocycles. The van der Waals surface area contributed by atoms with E-state index >= 15 is 0 Å². The average Bonchev–Trinajstić information content (AvgIpc) is 2.64. The van der Waals surface area contributed by atoms with Gasteiger partial charge in [0.2, 0.25) is 0 Å². The zero-order valence-corrected chi connectivity index (χ0v) is 11.6. The molecule has 0 saturated carbocycles. The van der Waals surface area contributed by atoms with Crippen molar-refractivity contribution in [2.75, 3.05) is 0 Å². The summed E-state index contributed by atoms with van der Waals surface area (Å²) < 4.78 is 2.85. The van der Waals surface area contributed by atoms with Crippen LogP contribution in [0.2, 0.25) is 0 Å². The lowest BCUT2D eigenvalue weighted by Gasteiger charge is -2.10. The second-order valence-electron chi connectivity index (χ2n) is 4.41. The first-order chi connectivity index (χ1) is 8.06. The lowest BCUT2D eigenvalue weighted by Crippen LogP contribution is -2.17. The van der Waals surface area contributed by atoms with Gasteiger partial charge in [-0.15, -0.1) is 0 Å². The van der Waals surface area contributed by atoms with Crippen molar-refractivity contribution >= 4 is 15.9 Å². The average molecular weight is 294 g/mol. The highest BCUT2D eigenvalue weighted by Gasteiger charge is 2.05. The summed E-state index contributed by atoms with van der Waals surface area (Å²) in [4.78, 5) is 0. The number of hydrogen-bond donors (Lipinski definition) is 1. The zero-order valence-electron chi connectivity index (χ0n) is 10.0. The predicted molar refractivity (Wildman–Crippen MR) is 73.4 cm³/mol. The number of aryl methyl sites for hydroxylation is 1. The SMILES string of the molecule is Cc1cc(CC(C)N)ccc1-n1cc(Br)cn1. The molecule has 17 heavy (non-hydrogen) atoms. The van der Waals surface area contributed by atoms with E-state index in [1.807, 2.05) is 17.8 Å². The van der Waals surface area contributed by atoms with Gasteiger partial charge in [0.1, 0.15) is 0 Å². The third-order valence-corrected chi connectivity index (χ3v) is 3.03. The summed E-state index contributed by atoms with van der Waals surface area (Å²) in [5, 5.41) is 4.28. The molecule has 3 nitrogen and oxygen atoms in total. The first kappa shape index (κ1) is 12.3. The number of hydrogen-bond acceptors (Lipinski definition) is 2. The third-order valence-electron chi connectivity index (χ3n) is 2.62. The van der Waals surface area contributed by atoms with Crippen molar-refractivity contribution in [3.05, 3.63) is 46.2 Å². The minimum absolute atomic E-state index is 0.194. The Balaban J connectivity index is 2.31. The summed E-state index contributed by atoms with van der Waals surface area (Å²) in [7, 11) is 0. The van der Waals surface area contributed by atoms with E-state index in [-0.39, 0.29) is 6.04 Å². The summed E-state index contributed by atoms with van der Waals surface area (Å²) in [5.41, 5.74) is 9.38. The number of nitrogens with two attached hydrogens (primary N) is 1. The van der Waals surface area contributed by atoms with Gasteiger partial charge in [-0.05, 0) is 53.4 Å². The van der Waals surface area contributed by atoms with Gasteiger partial charge >= 0.3 is 0 Å². The molecule has 2 aromatic rings. The van der Waals surface area contributed by atoms with Crippen molar-refractivity contribution in [3.8, 4) is 5.69 Å². The van der Waals surface area contributed by atoms with Crippen molar-refractivity contribution in [1.82, 2.24) is 9.78 Å². The smallest absolute Gasteiger partial charge is 0.0675 e. The van der Waals surface area contributed by atoms with Crippen molar-refractivity contribution in [1.29, 1.82) is 0 Å². The zero-order chi connectivity index (χ0) is 12.4. The minimum atomic E-state index is 0.194. The molecule has 4 heteroatoms. The highest BCUT2D eigenvalue weighted by molar-refractivity contribution is 9.10. The molecule has 1 atom stereocenters. The quantitative estimate of drug-likeness (QED) is 0.946. The highest BCUT2D eigenvalue weighted by Crippen LogP contribution is 2.18. The van der Waals surface area contributed by atoms with Crippen LogP contribution in [0.15, 0.2) is 35.1 Å². The number of benzene rings is 1. The molecule has 2 rings (SSSR count). The predicted octanol–water partition coefficient (Wildman–Crippen LogP) is 2.83. The van der Waals surface area contributed by atoms with E-state index < -0.39 is 0 Å². The molecule has 0 saturated heterocycles. The number of aromatic nitrogens is 2. The summed E-state index contributed by atoms with van der Waals surface area (Å²) in [6.45, 7) is 4.11. The molecule has 1 unspecified atom stereocenters. The van der Waals surface area contributed by atoms with Gasteiger partial charge in [0.15, 0.2) is 0 Å². The van der Waals surface area contributed by atoms with Gasteiger partial charge < -0.3 is 5.73 Å². The van der Waals surface area contributed by atoms with Crippen LogP contribution in [-0.2, 0) is 6.42 Å². The molecule has 0 amide bonds. The van der Waals surface area contributed by atoms with Crippen LogP contribution >= 0.6 is 15.9 Å². The first-order valence-corrected chi connectivity index (χ1v) is 6.41. The molecule has 1 heterocycles. The summed E-state index contributed by atoms with van der Waals surface area (Å²) in [5.74, 6) is 0. The Labute approximate surface area is 110 Å². The fourth-order valence-corrected chi connectivity index (χ4v) is 2.19. The fraction of sp³-hybridized carbons (Fsp3) is 0.308. The third kappa shape index (κ3) is 2.96. The monoisotopic (exact) mass is 293 g/mol. The van der Waals surface area contributed by atoms with Crippen molar-refractivity contribution in [2.24, 2.45) is 5.73 Å². The molecule has 0 spiro atoms. The van der Waals surface area contributed by atoms with Crippen LogP contribution in [0.4, 0.5) is 0 Å². The highest BCUT2D eigenvalue weighted by atomic mass is 79.9. The van der Waals surface area contributed by atoms with Gasteiger partial charge in [-0.1, -0.05) is 12.1 Å². The van der Waals surface area contributed by atoms with Crippen LogP contribution in [0.5, 0.6) is 0 Å². The second-order valence-corrected chi connectivity index (χ2v) is 5.32. The molecule has 1 aromatic carbocycles. The van der Waals surface area contributed by atoms with Crippen LogP contribution in [0.25, 0.3) is 5.69 Å². The van der Waals surface area contributed by atoms with Gasteiger partial charge in [-0.2, -0.15) is 5.10 Å². The van der Waals surface area contributed by atoms with E-state index in [0.29, 0.717) is 0 Å². The molecule has 1 aromatic heterocycles. The number of nitrogens with zero attached hydrogens (tertiary/aromatic N) is 2. The van der Waals surface area contributed by atoms with Gasteiger partial charge in [0.25, 0.3) is 0 Å². The van der Waals surface area contributed by atoms with Gasteiger partial charge in [-0.25, -0.2) is 4.68 Å². The van der Waals surface area contributed by atoms with Gasteiger partial charge in [0, 0.05) is 12.2 Å². The Morgan fingerprint density at radius 1 is 1.47 bits per heavy atom. The normalized spacial score (nSPS) is 12.7. The molecule has 0 bridgehead atoms. The summed E-state index contributed by atoms with van der Waals surface area (Å²) >= 11 is 3.40. The molecule has 0 aliphatic carbocycles. The Bertz CT molecular complexity index is 517. The maximum atomic E-state index is 5.80.